The van der Waals surface area contributed by atoms with Crippen molar-refractivity contribution in [1.82, 2.24) is 0 Å². The van der Waals surface area contributed by atoms with Gasteiger partial charge in [-0.2, -0.15) is 22.0 Å². The smallest absolute Gasteiger partial charge is 0.376 e. The first-order valence-electron chi connectivity index (χ1n) is 7.66. The Morgan fingerprint density at radius 1 is 1.04 bits per heavy atom. The number of benzene rings is 2. The van der Waals surface area contributed by atoms with Gasteiger partial charge < -0.3 is 10.2 Å². The predicted molar refractivity (Wildman–Crippen MR) is 93.4 cm³/mol. The number of anilines is 2. The molecule has 28 heavy (non-hydrogen) atoms. The molecule has 2 rings (SSSR count). The van der Waals surface area contributed by atoms with Crippen LogP contribution in [0.15, 0.2) is 47.4 Å². The number of sulfone groups is 1. The number of rotatable bonds is 5. The van der Waals surface area contributed by atoms with E-state index in [0.29, 0.717) is 5.69 Å². The summed E-state index contributed by atoms with van der Waals surface area (Å²) in [6.45, 7) is 0. The highest BCUT2D eigenvalue weighted by Crippen LogP contribution is 2.35. The van der Waals surface area contributed by atoms with Crippen LogP contribution in [0.2, 0.25) is 0 Å². The van der Waals surface area contributed by atoms with Crippen molar-refractivity contribution in [3.05, 3.63) is 53.6 Å². The summed E-state index contributed by atoms with van der Waals surface area (Å²) < 4.78 is 86.7. The summed E-state index contributed by atoms with van der Waals surface area (Å²) in [5.41, 5.74) is -0.894. The molecule has 0 unspecified atom stereocenters. The lowest BCUT2D eigenvalue weighted by Crippen LogP contribution is -2.18. The van der Waals surface area contributed by atoms with Gasteiger partial charge in [0.25, 0.3) is 5.91 Å². The number of halogens is 5. The lowest BCUT2D eigenvalue weighted by Gasteiger charge is -2.20. The first-order chi connectivity index (χ1) is 12.8. The molecule has 1 N–H and O–H groups in total. The van der Waals surface area contributed by atoms with Crippen molar-refractivity contribution >= 4 is 27.1 Å². The number of nitrogens with one attached hydrogen (secondary N) is 1. The van der Waals surface area contributed by atoms with Crippen molar-refractivity contribution in [2.24, 2.45) is 0 Å². The van der Waals surface area contributed by atoms with Gasteiger partial charge in [0.15, 0.2) is 0 Å². The van der Waals surface area contributed by atoms with Crippen molar-refractivity contribution in [2.45, 2.75) is 16.8 Å². The second kappa shape index (κ2) is 7.74. The van der Waals surface area contributed by atoms with E-state index in [1.165, 1.54) is 11.0 Å². The number of carbonyl (C=O) groups is 1. The van der Waals surface area contributed by atoms with Gasteiger partial charge in [-0.15, -0.1) is 0 Å². The molecule has 0 aliphatic rings. The third-order valence-corrected chi connectivity index (χ3v) is 5.13. The molecule has 0 saturated heterocycles. The molecule has 0 saturated carbocycles. The topological polar surface area (TPSA) is 66.5 Å². The molecule has 2 aromatic carbocycles. The van der Waals surface area contributed by atoms with Crippen molar-refractivity contribution in [3.63, 3.8) is 0 Å². The molecule has 11 heteroatoms. The maximum absolute atomic E-state index is 12.9. The minimum Gasteiger partial charge on any atom is -0.376 e. The van der Waals surface area contributed by atoms with Crippen LogP contribution in [0.3, 0.4) is 0 Å². The SMILES string of the molecule is CN(C)c1ccc(C(F)(F)F)cc1NC(=O)c1ccc(S(=O)(=O)C(F)F)cc1. The minimum atomic E-state index is -4.81. The molecule has 0 atom stereocenters. The average Bonchev–Trinajstić information content (AvgIpc) is 2.60. The zero-order chi connectivity index (χ0) is 21.3. The Bertz CT molecular complexity index is 971. The highest BCUT2D eigenvalue weighted by molar-refractivity contribution is 7.91. The fourth-order valence-electron chi connectivity index (χ4n) is 2.30. The summed E-state index contributed by atoms with van der Waals surface area (Å²) in [5, 5.41) is 2.32. The monoisotopic (exact) mass is 422 g/mol. The van der Waals surface area contributed by atoms with Gasteiger partial charge in [-0.3, -0.25) is 4.79 Å². The van der Waals surface area contributed by atoms with Crippen molar-refractivity contribution in [2.75, 3.05) is 24.3 Å². The van der Waals surface area contributed by atoms with Crippen LogP contribution in [0.5, 0.6) is 0 Å². The van der Waals surface area contributed by atoms with E-state index < -0.39 is 38.1 Å². The Balaban J connectivity index is 2.34. The Morgan fingerprint density at radius 2 is 1.61 bits per heavy atom. The summed E-state index contributed by atoms with van der Waals surface area (Å²) in [7, 11) is -1.67. The van der Waals surface area contributed by atoms with Gasteiger partial charge >= 0.3 is 11.9 Å². The van der Waals surface area contributed by atoms with Gasteiger partial charge in [0, 0.05) is 19.7 Å². The van der Waals surface area contributed by atoms with E-state index in [-0.39, 0.29) is 11.3 Å². The standard InChI is InChI=1S/C17H15F5N2O3S/c1-24(2)14-8-5-11(17(20,21)22)9-13(14)23-15(25)10-3-6-12(7-4-10)28(26,27)16(18)19/h3-9,16H,1-2H3,(H,23,25). The van der Waals surface area contributed by atoms with Crippen LogP contribution < -0.4 is 10.2 Å². The zero-order valence-corrected chi connectivity index (χ0v) is 15.4. The largest absolute Gasteiger partial charge is 0.416 e. The summed E-state index contributed by atoms with van der Waals surface area (Å²) >= 11 is 0. The third-order valence-electron chi connectivity index (χ3n) is 3.73. The van der Waals surface area contributed by atoms with Gasteiger partial charge in [-0.05, 0) is 42.5 Å². The van der Waals surface area contributed by atoms with E-state index in [0.717, 1.165) is 36.4 Å². The quantitative estimate of drug-likeness (QED) is 0.740. The molecular formula is C17H15F5N2O3S. The van der Waals surface area contributed by atoms with E-state index in [9.17, 15) is 35.2 Å². The predicted octanol–water partition coefficient (Wildman–Crippen LogP) is 4.02. The Hall–Kier alpha value is -2.69. The molecule has 0 aliphatic heterocycles. The van der Waals surface area contributed by atoms with Gasteiger partial charge in [-0.1, -0.05) is 0 Å². The Labute approximate surface area is 157 Å². The first-order valence-corrected chi connectivity index (χ1v) is 9.20. The highest BCUT2D eigenvalue weighted by atomic mass is 32.2. The van der Waals surface area contributed by atoms with Crippen LogP contribution in [-0.2, 0) is 16.0 Å². The number of nitrogens with zero attached hydrogens (tertiary/aromatic N) is 1. The summed E-state index contributed by atoms with van der Waals surface area (Å²) in [4.78, 5) is 13.2. The molecule has 0 heterocycles. The summed E-state index contributed by atoms with van der Waals surface area (Å²) in [5.74, 6) is -4.44. The summed E-state index contributed by atoms with van der Waals surface area (Å²) in [6.07, 6.45) is -4.62. The number of amides is 1. The molecule has 0 aromatic heterocycles. The lowest BCUT2D eigenvalue weighted by atomic mass is 10.1. The molecule has 0 radical (unpaired) electrons. The lowest BCUT2D eigenvalue weighted by molar-refractivity contribution is -0.137. The molecule has 0 spiro atoms. The number of carbonyl (C=O) groups excluding carboxylic acids is 1. The van der Waals surface area contributed by atoms with Crippen LogP contribution >= 0.6 is 0 Å². The minimum absolute atomic E-state index is 0.115. The van der Waals surface area contributed by atoms with Crippen molar-refractivity contribution < 1.29 is 35.2 Å². The van der Waals surface area contributed by atoms with Crippen LogP contribution in [0.1, 0.15) is 15.9 Å². The van der Waals surface area contributed by atoms with Crippen molar-refractivity contribution in [1.29, 1.82) is 0 Å². The van der Waals surface area contributed by atoms with Crippen LogP contribution in [-0.4, -0.2) is 34.2 Å². The average molecular weight is 422 g/mol. The number of alkyl halides is 5. The van der Waals surface area contributed by atoms with E-state index in [2.05, 4.69) is 5.32 Å². The third kappa shape index (κ3) is 4.58. The maximum atomic E-state index is 12.9. The fraction of sp³-hybridized carbons (Fsp3) is 0.235. The number of hydrogen-bond donors (Lipinski definition) is 1. The molecule has 1 amide bonds. The molecule has 0 bridgehead atoms. The summed E-state index contributed by atoms with van der Waals surface area (Å²) in [6, 6.07) is 6.47. The number of hydrogen-bond acceptors (Lipinski definition) is 4. The molecule has 2 aromatic rings. The Morgan fingerprint density at radius 3 is 2.07 bits per heavy atom. The molecule has 152 valence electrons. The molecule has 0 fully saturated rings. The highest BCUT2D eigenvalue weighted by Gasteiger charge is 2.31. The van der Waals surface area contributed by atoms with Crippen molar-refractivity contribution in [3.8, 4) is 0 Å². The van der Waals surface area contributed by atoms with Crippen LogP contribution in [0.4, 0.5) is 33.3 Å². The van der Waals surface area contributed by atoms with Gasteiger partial charge in [0.05, 0.1) is 21.8 Å². The van der Waals surface area contributed by atoms with Gasteiger partial charge in [0.1, 0.15) is 0 Å². The van der Waals surface area contributed by atoms with Crippen LogP contribution in [0.25, 0.3) is 0 Å². The van der Waals surface area contributed by atoms with Gasteiger partial charge in [0.2, 0.25) is 9.84 Å². The molecule has 5 nitrogen and oxygen atoms in total. The normalized spacial score (nSPS) is 12.1. The second-order valence-corrected chi connectivity index (χ2v) is 7.83. The molecular weight excluding hydrogens is 407 g/mol. The maximum Gasteiger partial charge on any atom is 0.416 e. The van der Waals surface area contributed by atoms with Gasteiger partial charge in [-0.25, -0.2) is 8.42 Å². The van der Waals surface area contributed by atoms with E-state index >= 15 is 0 Å². The molecule has 0 aliphatic carbocycles. The fourth-order valence-corrected chi connectivity index (χ4v) is 3.02. The zero-order valence-electron chi connectivity index (χ0n) is 14.6. The second-order valence-electron chi connectivity index (χ2n) is 5.91. The van der Waals surface area contributed by atoms with E-state index in [1.54, 1.807) is 14.1 Å². The van der Waals surface area contributed by atoms with E-state index in [4.69, 9.17) is 0 Å². The van der Waals surface area contributed by atoms with E-state index in [1.807, 2.05) is 0 Å². The Kier molecular flexibility index (Phi) is 5.97. The first kappa shape index (κ1) is 21.6. The van der Waals surface area contributed by atoms with Crippen LogP contribution in [0, 0.1) is 0 Å².